The number of para-hydroxylation sites is 1. The van der Waals surface area contributed by atoms with Gasteiger partial charge >= 0.3 is 0 Å². The molecule has 0 unspecified atom stereocenters. The molecule has 0 saturated heterocycles. The van der Waals surface area contributed by atoms with Crippen LogP contribution in [0.4, 0.5) is 0 Å². The van der Waals surface area contributed by atoms with Crippen LogP contribution in [0.1, 0.15) is 50.7 Å². The van der Waals surface area contributed by atoms with E-state index in [0.717, 1.165) is 6.42 Å². The zero-order valence-corrected chi connectivity index (χ0v) is 13.1. The number of unbranched alkanes of at least 4 members (excludes halogenated alkanes) is 2. The van der Waals surface area contributed by atoms with Crippen LogP contribution in [-0.4, -0.2) is 4.98 Å². The lowest BCUT2D eigenvalue weighted by molar-refractivity contribution is 0.759. The van der Waals surface area contributed by atoms with Crippen LogP contribution in [0.5, 0.6) is 0 Å². The van der Waals surface area contributed by atoms with Crippen molar-refractivity contribution in [3.05, 3.63) is 47.5 Å². The summed E-state index contributed by atoms with van der Waals surface area (Å²) in [5.74, 6) is 0. The molecule has 1 radical (unpaired) electrons. The van der Waals surface area contributed by atoms with Gasteiger partial charge in [-0.25, -0.2) is 0 Å². The highest BCUT2D eigenvalue weighted by Gasteiger charge is 2.09. The molecule has 1 N–H and O–H groups in total. The number of rotatable bonds is 6. The van der Waals surface area contributed by atoms with Gasteiger partial charge in [0.15, 0.2) is 0 Å². The summed E-state index contributed by atoms with van der Waals surface area (Å²) in [4.78, 5) is 3.52. The fourth-order valence-corrected chi connectivity index (χ4v) is 3.07. The summed E-state index contributed by atoms with van der Waals surface area (Å²) in [6.07, 6.45) is 7.34. The Morgan fingerprint density at radius 1 is 0.952 bits per heavy atom. The van der Waals surface area contributed by atoms with Gasteiger partial charge in [-0.15, -0.1) is 0 Å². The molecule has 0 aliphatic rings. The van der Waals surface area contributed by atoms with Crippen LogP contribution >= 0.6 is 0 Å². The van der Waals surface area contributed by atoms with Gasteiger partial charge in [0, 0.05) is 22.4 Å². The van der Waals surface area contributed by atoms with Crippen molar-refractivity contribution in [1.29, 1.82) is 0 Å². The number of aryl methyl sites for hydroxylation is 2. The lowest BCUT2D eigenvalue weighted by Crippen LogP contribution is -1.95. The Kier molecular flexibility index (Phi) is 4.28. The van der Waals surface area contributed by atoms with Crippen molar-refractivity contribution in [3.63, 3.8) is 0 Å². The molecule has 3 rings (SSSR count). The van der Waals surface area contributed by atoms with Crippen LogP contribution in [0.25, 0.3) is 21.8 Å². The van der Waals surface area contributed by atoms with Crippen LogP contribution in [0.2, 0.25) is 0 Å². The minimum atomic E-state index is 1.15. The van der Waals surface area contributed by atoms with Crippen molar-refractivity contribution in [1.82, 2.24) is 4.98 Å². The van der Waals surface area contributed by atoms with Crippen molar-refractivity contribution in [2.24, 2.45) is 0 Å². The van der Waals surface area contributed by atoms with E-state index in [2.05, 4.69) is 55.2 Å². The first kappa shape index (κ1) is 14.2. The molecule has 1 heterocycles. The standard InChI is InChI=1S/C20H24N/c1-3-5-9-15-13-18-17-11-7-8-12-19(17)21-20(18)14-16(15)10-6-4-2/h7-8,11-13,21H,3-6,9-10H2,1-2H3. The molecule has 0 spiro atoms. The van der Waals surface area contributed by atoms with E-state index in [1.54, 1.807) is 0 Å². The Morgan fingerprint density at radius 3 is 2.52 bits per heavy atom. The van der Waals surface area contributed by atoms with Gasteiger partial charge in [-0.05, 0) is 48.9 Å². The van der Waals surface area contributed by atoms with Crippen LogP contribution < -0.4 is 0 Å². The van der Waals surface area contributed by atoms with Crippen LogP contribution in [0, 0.1) is 6.07 Å². The maximum absolute atomic E-state index is 3.67. The second-order valence-corrected chi connectivity index (χ2v) is 5.94. The molecule has 0 bridgehead atoms. The molecule has 0 atom stereocenters. The summed E-state index contributed by atoms with van der Waals surface area (Å²) in [6, 6.07) is 14.6. The monoisotopic (exact) mass is 278 g/mol. The van der Waals surface area contributed by atoms with Crippen molar-refractivity contribution in [2.75, 3.05) is 0 Å². The average molecular weight is 278 g/mol. The van der Waals surface area contributed by atoms with Gasteiger partial charge in [-0.2, -0.15) is 0 Å². The zero-order chi connectivity index (χ0) is 14.7. The van der Waals surface area contributed by atoms with E-state index in [1.165, 1.54) is 65.0 Å². The Labute approximate surface area is 127 Å². The predicted molar refractivity (Wildman–Crippen MR) is 91.9 cm³/mol. The number of benzene rings is 2. The number of hydrogen-bond acceptors (Lipinski definition) is 0. The molecular formula is C20H24N. The first-order valence-electron chi connectivity index (χ1n) is 8.28. The topological polar surface area (TPSA) is 15.8 Å². The first-order valence-corrected chi connectivity index (χ1v) is 8.28. The fraction of sp³-hybridized carbons (Fsp3) is 0.400. The highest BCUT2D eigenvalue weighted by molar-refractivity contribution is 6.07. The molecule has 1 aromatic heterocycles. The lowest BCUT2D eigenvalue weighted by Gasteiger charge is -2.09. The Bertz CT molecular complexity index is 736. The average Bonchev–Trinajstić information content (AvgIpc) is 2.87. The van der Waals surface area contributed by atoms with Gasteiger partial charge in [0.1, 0.15) is 0 Å². The third-order valence-corrected chi connectivity index (χ3v) is 4.31. The maximum Gasteiger partial charge on any atom is 0.0548 e. The largest absolute Gasteiger partial charge is 0.354 e. The highest BCUT2D eigenvalue weighted by Crippen LogP contribution is 2.29. The molecule has 0 amide bonds. The Balaban J connectivity index is 2.12. The Morgan fingerprint density at radius 2 is 1.71 bits per heavy atom. The summed E-state index contributed by atoms with van der Waals surface area (Å²) in [7, 11) is 0. The lowest BCUT2D eigenvalue weighted by atomic mass is 9.95. The number of aromatic amines is 1. The van der Waals surface area contributed by atoms with Crippen LogP contribution in [0.15, 0.2) is 30.3 Å². The molecule has 0 aliphatic heterocycles. The van der Waals surface area contributed by atoms with E-state index in [1.807, 2.05) is 0 Å². The summed E-state index contributed by atoms with van der Waals surface area (Å²) < 4.78 is 0. The number of nitrogens with one attached hydrogen (secondary N) is 1. The fourth-order valence-electron chi connectivity index (χ4n) is 3.07. The van der Waals surface area contributed by atoms with Gasteiger partial charge < -0.3 is 4.98 Å². The number of fused-ring (bicyclic) bond motifs is 3. The normalized spacial score (nSPS) is 11.5. The van der Waals surface area contributed by atoms with Gasteiger partial charge in [0.2, 0.25) is 0 Å². The van der Waals surface area contributed by atoms with Crippen LogP contribution in [0.3, 0.4) is 0 Å². The molecule has 0 fully saturated rings. The maximum atomic E-state index is 3.67. The molecule has 21 heavy (non-hydrogen) atoms. The number of aromatic nitrogens is 1. The van der Waals surface area contributed by atoms with E-state index in [4.69, 9.17) is 0 Å². The van der Waals surface area contributed by atoms with Gasteiger partial charge in [0.25, 0.3) is 0 Å². The SMILES string of the molecule is CCCCc1[c]c2[nH]c3ccccc3c2cc1CCCC. The van der Waals surface area contributed by atoms with E-state index in [0.29, 0.717) is 0 Å². The summed E-state index contributed by atoms with van der Waals surface area (Å²) >= 11 is 0. The van der Waals surface area contributed by atoms with E-state index < -0.39 is 0 Å². The minimum Gasteiger partial charge on any atom is -0.354 e. The molecule has 109 valence electrons. The van der Waals surface area contributed by atoms with Crippen molar-refractivity contribution in [3.8, 4) is 0 Å². The Hall–Kier alpha value is -1.76. The van der Waals surface area contributed by atoms with Crippen molar-refractivity contribution >= 4 is 21.8 Å². The summed E-state index contributed by atoms with van der Waals surface area (Å²) in [5, 5.41) is 2.65. The van der Waals surface area contributed by atoms with Crippen molar-refractivity contribution in [2.45, 2.75) is 52.4 Å². The van der Waals surface area contributed by atoms with Gasteiger partial charge in [-0.1, -0.05) is 44.9 Å². The second-order valence-electron chi connectivity index (χ2n) is 5.94. The van der Waals surface area contributed by atoms with E-state index in [-0.39, 0.29) is 0 Å². The molecule has 0 saturated carbocycles. The molecule has 3 aromatic rings. The minimum absolute atomic E-state index is 1.15. The number of hydrogen-bond donors (Lipinski definition) is 1. The zero-order valence-electron chi connectivity index (χ0n) is 13.1. The van der Waals surface area contributed by atoms with E-state index in [9.17, 15) is 0 Å². The smallest absolute Gasteiger partial charge is 0.0548 e. The van der Waals surface area contributed by atoms with Gasteiger partial charge in [0.05, 0.1) is 5.52 Å². The van der Waals surface area contributed by atoms with Crippen molar-refractivity contribution < 1.29 is 0 Å². The molecule has 2 aromatic carbocycles. The second kappa shape index (κ2) is 6.34. The third-order valence-electron chi connectivity index (χ3n) is 4.31. The first-order chi connectivity index (χ1) is 10.3. The van der Waals surface area contributed by atoms with E-state index >= 15 is 0 Å². The van der Waals surface area contributed by atoms with Gasteiger partial charge in [-0.3, -0.25) is 0 Å². The quantitative estimate of drug-likeness (QED) is 0.586. The number of H-pyrrole nitrogens is 1. The predicted octanol–water partition coefficient (Wildman–Crippen LogP) is 5.81. The molecule has 0 aliphatic carbocycles. The third kappa shape index (κ3) is 2.83. The molecule has 1 nitrogen and oxygen atoms in total. The highest BCUT2D eigenvalue weighted by atomic mass is 14.7. The summed E-state index contributed by atoms with van der Waals surface area (Å²) in [6.45, 7) is 4.52. The molecular weight excluding hydrogens is 254 g/mol. The molecule has 1 heteroatoms. The summed E-state index contributed by atoms with van der Waals surface area (Å²) in [5.41, 5.74) is 5.31. The van der Waals surface area contributed by atoms with Crippen LogP contribution in [-0.2, 0) is 12.8 Å².